The predicted octanol–water partition coefficient (Wildman–Crippen LogP) is 2.09. The molecule has 0 saturated carbocycles. The molecule has 1 aromatic rings. The van der Waals surface area contributed by atoms with Gasteiger partial charge in [0, 0.05) is 6.54 Å². The minimum Gasteiger partial charge on any atom is -0.386 e. The van der Waals surface area contributed by atoms with Crippen LogP contribution in [0.1, 0.15) is 5.69 Å². The van der Waals surface area contributed by atoms with Gasteiger partial charge in [0.2, 0.25) is 5.88 Å². The summed E-state index contributed by atoms with van der Waals surface area (Å²) in [5.74, 6) is -0.679. The summed E-state index contributed by atoms with van der Waals surface area (Å²) in [5.41, 5.74) is 5.46. The summed E-state index contributed by atoms with van der Waals surface area (Å²) >= 11 is 5.43. The molecule has 0 amide bonds. The van der Waals surface area contributed by atoms with Crippen LogP contribution in [-0.4, -0.2) is 11.3 Å². The molecule has 0 aliphatic rings. The summed E-state index contributed by atoms with van der Waals surface area (Å²) in [5, 5.41) is -0.209. The number of pyridine rings is 1. The summed E-state index contributed by atoms with van der Waals surface area (Å²) in [6.07, 6.45) is -4.80. The van der Waals surface area contributed by atoms with Crippen LogP contribution in [0.4, 0.5) is 13.2 Å². The van der Waals surface area contributed by atoms with Crippen molar-refractivity contribution in [3.8, 4) is 5.88 Å². The van der Waals surface area contributed by atoms with E-state index in [9.17, 15) is 13.2 Å². The van der Waals surface area contributed by atoms with Gasteiger partial charge in [0.1, 0.15) is 5.02 Å². The van der Waals surface area contributed by atoms with Crippen LogP contribution in [0.5, 0.6) is 5.88 Å². The second kappa shape index (κ2) is 4.02. The molecule has 0 aliphatic heterocycles. The number of halogens is 4. The molecule has 0 radical (unpaired) electrons. The van der Waals surface area contributed by atoms with E-state index >= 15 is 0 Å². The SMILES string of the molecule is NCc1ccc(Cl)c(OC(F)(F)F)n1. The molecule has 0 fully saturated rings. The summed E-state index contributed by atoms with van der Waals surface area (Å²) < 4.78 is 39.0. The van der Waals surface area contributed by atoms with Crippen LogP contribution in [0.3, 0.4) is 0 Å². The Morgan fingerprint density at radius 1 is 1.43 bits per heavy atom. The van der Waals surface area contributed by atoms with E-state index in [1.165, 1.54) is 12.1 Å². The normalized spacial score (nSPS) is 11.5. The Kier molecular flexibility index (Phi) is 3.17. The topological polar surface area (TPSA) is 48.1 Å². The zero-order chi connectivity index (χ0) is 10.8. The van der Waals surface area contributed by atoms with Gasteiger partial charge in [0.15, 0.2) is 0 Å². The van der Waals surface area contributed by atoms with E-state index in [4.69, 9.17) is 17.3 Å². The van der Waals surface area contributed by atoms with E-state index in [1.54, 1.807) is 0 Å². The maximum absolute atomic E-state index is 11.8. The number of nitrogens with two attached hydrogens (primary N) is 1. The van der Waals surface area contributed by atoms with Crippen LogP contribution in [0.25, 0.3) is 0 Å². The van der Waals surface area contributed by atoms with Crippen LogP contribution in [0.2, 0.25) is 5.02 Å². The first-order valence-electron chi connectivity index (χ1n) is 3.53. The molecule has 0 saturated heterocycles. The summed E-state index contributed by atoms with van der Waals surface area (Å²) in [4.78, 5) is 3.48. The van der Waals surface area contributed by atoms with Crippen molar-refractivity contribution >= 4 is 11.6 Å². The van der Waals surface area contributed by atoms with Crippen molar-refractivity contribution in [1.82, 2.24) is 4.98 Å². The van der Waals surface area contributed by atoms with Crippen molar-refractivity contribution in [1.29, 1.82) is 0 Å². The fourth-order valence-corrected chi connectivity index (χ4v) is 0.900. The standard InChI is InChI=1S/C7H6ClF3N2O/c8-5-2-1-4(3-12)13-6(5)14-7(9,10)11/h1-2H,3,12H2. The molecule has 1 heterocycles. The van der Waals surface area contributed by atoms with Crippen LogP contribution in [-0.2, 0) is 6.54 Å². The molecule has 14 heavy (non-hydrogen) atoms. The van der Waals surface area contributed by atoms with E-state index in [0.717, 1.165) is 0 Å². The number of hydrogen-bond acceptors (Lipinski definition) is 3. The fraction of sp³-hybridized carbons (Fsp3) is 0.286. The summed E-state index contributed by atoms with van der Waals surface area (Å²) in [7, 11) is 0. The lowest BCUT2D eigenvalue weighted by Gasteiger charge is -2.09. The maximum Gasteiger partial charge on any atom is 0.574 e. The molecule has 2 N–H and O–H groups in total. The molecule has 0 spiro atoms. The van der Waals surface area contributed by atoms with Crippen LogP contribution in [0, 0.1) is 0 Å². The molecule has 1 aromatic heterocycles. The number of hydrogen-bond donors (Lipinski definition) is 1. The molecule has 1 rings (SSSR count). The lowest BCUT2D eigenvalue weighted by molar-refractivity contribution is -0.276. The highest BCUT2D eigenvalue weighted by Crippen LogP contribution is 2.27. The second-order valence-electron chi connectivity index (χ2n) is 2.34. The van der Waals surface area contributed by atoms with Crippen LogP contribution < -0.4 is 10.5 Å². The summed E-state index contributed by atoms with van der Waals surface area (Å²) in [6, 6.07) is 2.67. The van der Waals surface area contributed by atoms with Gasteiger partial charge in [-0.2, -0.15) is 0 Å². The van der Waals surface area contributed by atoms with Crippen LogP contribution >= 0.6 is 11.6 Å². The van der Waals surface area contributed by atoms with Crippen molar-refractivity contribution in [3.63, 3.8) is 0 Å². The molecule has 78 valence electrons. The van der Waals surface area contributed by atoms with Crippen molar-refractivity contribution in [3.05, 3.63) is 22.8 Å². The minimum atomic E-state index is -4.80. The predicted molar refractivity (Wildman–Crippen MR) is 43.8 cm³/mol. The zero-order valence-electron chi connectivity index (χ0n) is 6.81. The van der Waals surface area contributed by atoms with Gasteiger partial charge in [-0.05, 0) is 12.1 Å². The number of alkyl halides is 3. The number of nitrogens with zero attached hydrogens (tertiary/aromatic N) is 1. The van der Waals surface area contributed by atoms with Gasteiger partial charge in [-0.15, -0.1) is 13.2 Å². The van der Waals surface area contributed by atoms with E-state index in [0.29, 0.717) is 0 Å². The molecule has 0 aromatic carbocycles. The lowest BCUT2D eigenvalue weighted by atomic mass is 10.3. The third-order valence-corrected chi connectivity index (χ3v) is 1.58. The monoisotopic (exact) mass is 226 g/mol. The average Bonchev–Trinajstić information content (AvgIpc) is 2.06. The van der Waals surface area contributed by atoms with Gasteiger partial charge >= 0.3 is 6.36 Å². The first kappa shape index (κ1) is 11.1. The van der Waals surface area contributed by atoms with E-state index in [2.05, 4.69) is 9.72 Å². The smallest absolute Gasteiger partial charge is 0.386 e. The lowest BCUT2D eigenvalue weighted by Crippen LogP contribution is -2.18. The third kappa shape index (κ3) is 3.04. The van der Waals surface area contributed by atoms with E-state index in [1.807, 2.05) is 0 Å². The van der Waals surface area contributed by atoms with Crippen molar-refractivity contribution in [2.45, 2.75) is 12.9 Å². The van der Waals surface area contributed by atoms with E-state index < -0.39 is 12.2 Å². The largest absolute Gasteiger partial charge is 0.574 e. The third-order valence-electron chi connectivity index (χ3n) is 1.29. The number of ether oxygens (including phenoxy) is 1. The Hall–Kier alpha value is -1.01. The number of aromatic nitrogens is 1. The Labute approximate surface area is 82.6 Å². The highest BCUT2D eigenvalue weighted by molar-refractivity contribution is 6.31. The first-order valence-corrected chi connectivity index (χ1v) is 3.91. The second-order valence-corrected chi connectivity index (χ2v) is 2.75. The first-order chi connectivity index (χ1) is 6.42. The molecular formula is C7H6ClF3N2O. The summed E-state index contributed by atoms with van der Waals surface area (Å²) in [6.45, 7) is 0.0192. The molecule has 7 heteroatoms. The van der Waals surface area contributed by atoms with Gasteiger partial charge in [-0.1, -0.05) is 11.6 Å². The minimum absolute atomic E-state index is 0.0192. The number of rotatable bonds is 2. The molecule has 3 nitrogen and oxygen atoms in total. The fourth-order valence-electron chi connectivity index (χ4n) is 0.757. The van der Waals surface area contributed by atoms with E-state index in [-0.39, 0.29) is 17.3 Å². The van der Waals surface area contributed by atoms with Crippen molar-refractivity contribution in [2.24, 2.45) is 5.73 Å². The van der Waals surface area contributed by atoms with Gasteiger partial charge in [-0.3, -0.25) is 0 Å². The van der Waals surface area contributed by atoms with Gasteiger partial charge in [0.05, 0.1) is 5.69 Å². The molecule has 0 aliphatic carbocycles. The maximum atomic E-state index is 11.8. The van der Waals surface area contributed by atoms with Crippen molar-refractivity contribution < 1.29 is 17.9 Å². The Balaban J connectivity index is 2.95. The highest BCUT2D eigenvalue weighted by Gasteiger charge is 2.32. The van der Waals surface area contributed by atoms with Gasteiger partial charge in [-0.25, -0.2) is 4.98 Å². The molecule has 0 unspecified atom stereocenters. The molecular weight excluding hydrogens is 221 g/mol. The average molecular weight is 227 g/mol. The quantitative estimate of drug-likeness (QED) is 0.840. The molecule has 0 bridgehead atoms. The Morgan fingerprint density at radius 2 is 2.07 bits per heavy atom. The van der Waals surface area contributed by atoms with Crippen molar-refractivity contribution in [2.75, 3.05) is 0 Å². The highest BCUT2D eigenvalue weighted by atomic mass is 35.5. The Morgan fingerprint density at radius 3 is 2.57 bits per heavy atom. The van der Waals surface area contributed by atoms with Gasteiger partial charge in [0.25, 0.3) is 0 Å². The van der Waals surface area contributed by atoms with Gasteiger partial charge < -0.3 is 10.5 Å². The van der Waals surface area contributed by atoms with Crippen LogP contribution in [0.15, 0.2) is 12.1 Å². The molecule has 0 atom stereocenters. The Bertz CT molecular complexity index is 329. The zero-order valence-corrected chi connectivity index (χ0v) is 7.56.